The lowest BCUT2D eigenvalue weighted by Crippen LogP contribution is -2.42. The number of carbonyl (C=O) groups is 1. The summed E-state index contributed by atoms with van der Waals surface area (Å²) in [6.07, 6.45) is 3.92. The van der Waals surface area contributed by atoms with Crippen LogP contribution in [0.25, 0.3) is 0 Å². The average Bonchev–Trinajstić information content (AvgIpc) is 2.66. The molecule has 0 radical (unpaired) electrons. The number of nitrogens with zero attached hydrogens (tertiary/aromatic N) is 1. The summed E-state index contributed by atoms with van der Waals surface area (Å²) in [7, 11) is -3.59. The highest BCUT2D eigenvalue weighted by Gasteiger charge is 2.31. The number of rotatable bonds is 10. The van der Waals surface area contributed by atoms with Crippen LogP contribution < -0.4 is 5.32 Å². The van der Waals surface area contributed by atoms with Gasteiger partial charge in [-0.25, -0.2) is 8.42 Å². The molecule has 0 spiro atoms. The van der Waals surface area contributed by atoms with Crippen LogP contribution in [0, 0.1) is 11.8 Å². The molecule has 0 aromatic heterocycles. The first kappa shape index (κ1) is 22.8. The Labute approximate surface area is 169 Å². The minimum absolute atomic E-state index is 0.185. The van der Waals surface area contributed by atoms with Gasteiger partial charge in [0.25, 0.3) is 5.91 Å². The number of unbranched alkanes of at least 4 members (excludes halogenated alkanes) is 1. The van der Waals surface area contributed by atoms with E-state index in [-0.39, 0.29) is 10.8 Å². The van der Waals surface area contributed by atoms with E-state index in [9.17, 15) is 13.2 Å². The first-order valence-corrected chi connectivity index (χ1v) is 11.7. The Morgan fingerprint density at radius 1 is 1.18 bits per heavy atom. The maximum absolute atomic E-state index is 13.0. The predicted molar refractivity (Wildman–Crippen MR) is 111 cm³/mol. The topological polar surface area (TPSA) is 75.7 Å². The van der Waals surface area contributed by atoms with Crippen molar-refractivity contribution in [2.75, 3.05) is 32.8 Å². The smallest absolute Gasteiger partial charge is 0.251 e. The summed E-state index contributed by atoms with van der Waals surface area (Å²) in [4.78, 5) is 12.6. The van der Waals surface area contributed by atoms with E-state index in [2.05, 4.69) is 26.1 Å². The van der Waals surface area contributed by atoms with E-state index in [1.165, 1.54) is 6.07 Å². The van der Waals surface area contributed by atoms with Crippen LogP contribution in [-0.2, 0) is 14.8 Å². The molecule has 1 fully saturated rings. The number of piperidine rings is 1. The molecule has 158 valence electrons. The van der Waals surface area contributed by atoms with Crippen molar-refractivity contribution in [3.05, 3.63) is 29.8 Å². The maximum Gasteiger partial charge on any atom is 0.251 e. The van der Waals surface area contributed by atoms with Crippen LogP contribution in [0.3, 0.4) is 0 Å². The van der Waals surface area contributed by atoms with Crippen LogP contribution in [0.15, 0.2) is 29.2 Å². The summed E-state index contributed by atoms with van der Waals surface area (Å²) < 4.78 is 33.1. The average molecular weight is 411 g/mol. The summed E-state index contributed by atoms with van der Waals surface area (Å²) >= 11 is 0. The number of ether oxygens (including phenoxy) is 1. The molecule has 6 nitrogen and oxygen atoms in total. The highest BCUT2D eigenvalue weighted by molar-refractivity contribution is 7.89. The second-order valence-electron chi connectivity index (χ2n) is 7.87. The number of amides is 1. The fraction of sp³-hybridized carbons (Fsp3) is 0.667. The molecule has 1 saturated heterocycles. The van der Waals surface area contributed by atoms with Gasteiger partial charge in [-0.2, -0.15) is 4.31 Å². The van der Waals surface area contributed by atoms with Crippen molar-refractivity contribution in [3.63, 3.8) is 0 Å². The van der Waals surface area contributed by atoms with E-state index in [0.717, 1.165) is 32.3 Å². The fourth-order valence-electron chi connectivity index (χ4n) is 3.58. The largest absolute Gasteiger partial charge is 0.381 e. The van der Waals surface area contributed by atoms with Crippen molar-refractivity contribution in [2.45, 2.75) is 51.3 Å². The molecule has 1 aromatic carbocycles. The van der Waals surface area contributed by atoms with Gasteiger partial charge in [-0.05, 0) is 49.3 Å². The normalized spacial score (nSPS) is 20.8. The van der Waals surface area contributed by atoms with Crippen molar-refractivity contribution in [2.24, 2.45) is 11.8 Å². The standard InChI is InChI=1S/C21H34N2O4S/c1-4-5-11-27-12-7-10-22-21(24)19-8-6-9-20(14-19)28(25,26)23-15-17(2)13-18(3)16-23/h6,8-9,14,17-18H,4-5,7,10-13,15-16H2,1-3H3,(H,22,24). The van der Waals surface area contributed by atoms with Crippen molar-refractivity contribution in [3.8, 4) is 0 Å². The van der Waals surface area contributed by atoms with Crippen molar-refractivity contribution in [1.29, 1.82) is 0 Å². The second-order valence-corrected chi connectivity index (χ2v) is 9.81. The molecule has 28 heavy (non-hydrogen) atoms. The molecule has 7 heteroatoms. The molecule has 1 aromatic rings. The van der Waals surface area contributed by atoms with Crippen LogP contribution in [0.2, 0.25) is 0 Å². The van der Waals surface area contributed by atoms with Gasteiger partial charge in [0.15, 0.2) is 0 Å². The van der Waals surface area contributed by atoms with E-state index >= 15 is 0 Å². The molecule has 1 heterocycles. The SMILES string of the molecule is CCCCOCCCNC(=O)c1cccc(S(=O)(=O)N2CC(C)CC(C)C2)c1. The molecule has 0 saturated carbocycles. The monoisotopic (exact) mass is 410 g/mol. The molecule has 1 aliphatic heterocycles. The van der Waals surface area contributed by atoms with Crippen LogP contribution in [0.1, 0.15) is 56.8 Å². The lowest BCUT2D eigenvalue weighted by Gasteiger charge is -2.34. The van der Waals surface area contributed by atoms with Crippen molar-refractivity contribution in [1.82, 2.24) is 9.62 Å². The quantitative estimate of drug-likeness (QED) is 0.601. The molecule has 0 aliphatic carbocycles. The first-order chi connectivity index (χ1) is 13.3. The number of hydrogen-bond acceptors (Lipinski definition) is 4. The van der Waals surface area contributed by atoms with Gasteiger partial charge in [-0.1, -0.05) is 33.3 Å². The molecular weight excluding hydrogens is 376 g/mol. The summed E-state index contributed by atoms with van der Waals surface area (Å²) in [5.41, 5.74) is 0.367. The summed E-state index contributed by atoms with van der Waals surface area (Å²) in [6, 6.07) is 6.32. The summed E-state index contributed by atoms with van der Waals surface area (Å²) in [5.74, 6) is 0.417. The molecule has 1 amide bonds. The minimum Gasteiger partial charge on any atom is -0.381 e. The van der Waals surface area contributed by atoms with E-state index in [4.69, 9.17) is 4.74 Å². The predicted octanol–water partition coefficient (Wildman–Crippen LogP) is 3.29. The maximum atomic E-state index is 13.0. The molecule has 2 unspecified atom stereocenters. The van der Waals surface area contributed by atoms with Gasteiger partial charge in [0, 0.05) is 38.4 Å². The number of sulfonamides is 1. The van der Waals surface area contributed by atoms with E-state index in [0.29, 0.717) is 43.6 Å². The number of nitrogens with one attached hydrogen (secondary N) is 1. The van der Waals surface area contributed by atoms with E-state index in [1.807, 2.05) is 0 Å². The number of benzene rings is 1. The van der Waals surface area contributed by atoms with Crippen LogP contribution in [0.4, 0.5) is 0 Å². The van der Waals surface area contributed by atoms with Crippen LogP contribution in [0.5, 0.6) is 0 Å². The molecule has 1 aliphatic rings. The van der Waals surface area contributed by atoms with Crippen molar-refractivity contribution < 1.29 is 17.9 Å². The van der Waals surface area contributed by atoms with Gasteiger partial charge in [0.05, 0.1) is 4.90 Å². The Balaban J connectivity index is 1.94. The zero-order valence-corrected chi connectivity index (χ0v) is 18.1. The van der Waals surface area contributed by atoms with Crippen LogP contribution >= 0.6 is 0 Å². The zero-order valence-electron chi connectivity index (χ0n) is 17.3. The van der Waals surface area contributed by atoms with Gasteiger partial charge in [0.2, 0.25) is 10.0 Å². The van der Waals surface area contributed by atoms with Crippen LogP contribution in [-0.4, -0.2) is 51.5 Å². The third-order valence-electron chi connectivity index (χ3n) is 4.96. The third kappa shape index (κ3) is 6.57. The first-order valence-electron chi connectivity index (χ1n) is 10.3. The summed E-state index contributed by atoms with van der Waals surface area (Å²) in [5, 5.41) is 2.83. The number of hydrogen-bond donors (Lipinski definition) is 1. The fourth-order valence-corrected chi connectivity index (χ4v) is 5.30. The lowest BCUT2D eigenvalue weighted by atomic mass is 9.94. The minimum atomic E-state index is -3.59. The Hall–Kier alpha value is -1.44. The molecule has 0 bridgehead atoms. The van der Waals surface area contributed by atoms with Gasteiger partial charge in [0.1, 0.15) is 0 Å². The summed E-state index contributed by atoms with van der Waals surface area (Å²) in [6.45, 7) is 9.19. The van der Waals surface area contributed by atoms with Gasteiger partial charge in [-0.15, -0.1) is 0 Å². The lowest BCUT2D eigenvalue weighted by molar-refractivity contribution is 0.0940. The Bertz CT molecular complexity index is 726. The molecule has 1 N–H and O–H groups in total. The van der Waals surface area contributed by atoms with Gasteiger partial charge < -0.3 is 10.1 Å². The molecule has 2 atom stereocenters. The highest BCUT2D eigenvalue weighted by atomic mass is 32.2. The second kappa shape index (κ2) is 10.9. The molecule has 2 rings (SSSR count). The third-order valence-corrected chi connectivity index (χ3v) is 6.79. The van der Waals surface area contributed by atoms with Gasteiger partial charge >= 0.3 is 0 Å². The molecular formula is C21H34N2O4S. The Kier molecular flexibility index (Phi) is 8.92. The zero-order chi connectivity index (χ0) is 20.6. The highest BCUT2D eigenvalue weighted by Crippen LogP contribution is 2.27. The van der Waals surface area contributed by atoms with E-state index < -0.39 is 10.0 Å². The van der Waals surface area contributed by atoms with Crippen molar-refractivity contribution >= 4 is 15.9 Å². The number of carbonyl (C=O) groups excluding carboxylic acids is 1. The van der Waals surface area contributed by atoms with Gasteiger partial charge in [-0.3, -0.25) is 4.79 Å². The Morgan fingerprint density at radius 2 is 1.86 bits per heavy atom. The Morgan fingerprint density at radius 3 is 2.54 bits per heavy atom. The van der Waals surface area contributed by atoms with E-state index in [1.54, 1.807) is 22.5 Å².